The Morgan fingerprint density at radius 2 is 1.17 bits per heavy atom. The fourth-order valence-electron chi connectivity index (χ4n) is 10.6. The molecule has 0 atom stereocenters. The topological polar surface area (TPSA) is 36.9 Å². The third-order valence-corrected chi connectivity index (χ3v) is 15.0. The van der Waals surface area contributed by atoms with Crippen LogP contribution in [0.1, 0.15) is 37.5 Å². The molecule has 344 valence electrons. The fourth-order valence-corrected chi connectivity index (χ4v) is 11.7. The van der Waals surface area contributed by atoms with E-state index in [1.165, 1.54) is 55.6 Å². The molecule has 1 aliphatic rings. The predicted octanol–water partition coefficient (Wildman–Crippen LogP) is 16.3. The van der Waals surface area contributed by atoms with E-state index in [0.29, 0.717) is 11.5 Å². The molecule has 0 bridgehead atoms. The van der Waals surface area contributed by atoms with Gasteiger partial charge in [0, 0.05) is 6.20 Å². The van der Waals surface area contributed by atoms with Gasteiger partial charge in [-0.1, -0.05) is 39.0 Å². The maximum absolute atomic E-state index is 6.76. The number of ether oxygens (including phenoxy) is 1. The normalized spacial score (nSPS) is 12.2. The Bertz CT molecular complexity index is 4100. The van der Waals surface area contributed by atoms with Crippen LogP contribution >= 0.6 is 0 Å². The summed E-state index contributed by atoms with van der Waals surface area (Å²) in [5.41, 5.74) is 19.7. The van der Waals surface area contributed by atoms with Crippen molar-refractivity contribution in [3.8, 4) is 73.2 Å². The molecule has 3 heterocycles. The van der Waals surface area contributed by atoms with Gasteiger partial charge in [0.15, 0.2) is 0 Å². The van der Waals surface area contributed by atoms with E-state index in [9.17, 15) is 0 Å². The molecule has 0 radical (unpaired) electrons. The van der Waals surface area contributed by atoms with Crippen LogP contribution in [0, 0.1) is 15.9 Å². The molecule has 0 N–H and O–H groups in total. The van der Waals surface area contributed by atoms with Crippen LogP contribution < -0.4 is 4.74 Å². The van der Waals surface area contributed by atoms with Gasteiger partial charge in [-0.05, 0) is 17.0 Å². The Morgan fingerprint density at radius 1 is 0.507 bits per heavy atom. The number of hydrogen-bond donors (Lipinski definition) is 0. The van der Waals surface area contributed by atoms with Crippen molar-refractivity contribution in [3.05, 3.63) is 245 Å². The second-order valence-electron chi connectivity index (χ2n) is 19.3. The van der Waals surface area contributed by atoms with Crippen molar-refractivity contribution in [2.45, 2.75) is 32.6 Å². The van der Waals surface area contributed by atoms with Gasteiger partial charge in [0.05, 0.1) is 0 Å². The number of aromatic nitrogens is 4. The molecule has 6 heteroatoms. The summed E-state index contributed by atoms with van der Waals surface area (Å²) in [6.45, 7) is 6.69. The van der Waals surface area contributed by atoms with Gasteiger partial charge in [0.1, 0.15) is 0 Å². The number of rotatable bonds is 8. The first-order valence-corrected chi connectivity index (χ1v) is 25.2. The summed E-state index contributed by atoms with van der Waals surface area (Å²) in [6, 6.07) is 81.1. The van der Waals surface area contributed by atoms with Crippen molar-refractivity contribution in [2.75, 3.05) is 0 Å². The molecule has 0 amide bonds. The Kier molecular flexibility index (Phi) is 10.3. The number of fused-ring (bicyclic) bond motifs is 7. The number of hydrogen-bond acceptors (Lipinski definition) is 2. The number of pyridine rings is 1. The van der Waals surface area contributed by atoms with Gasteiger partial charge in [0.25, 0.3) is 0 Å². The van der Waals surface area contributed by atoms with E-state index >= 15 is 0 Å². The second kappa shape index (κ2) is 17.1. The molecular weight excluding hydrogens is 1050 g/mol. The summed E-state index contributed by atoms with van der Waals surface area (Å²) in [6.07, 6.45) is 2.73. The molecule has 0 unspecified atom stereocenters. The van der Waals surface area contributed by atoms with Gasteiger partial charge in [-0.15, -0.1) is 0 Å². The van der Waals surface area contributed by atoms with Gasteiger partial charge < -0.3 is 0 Å². The van der Waals surface area contributed by atoms with Crippen LogP contribution in [0.5, 0.6) is 11.5 Å². The Balaban J connectivity index is 0.970. The van der Waals surface area contributed by atoms with Crippen molar-refractivity contribution in [1.29, 1.82) is 0 Å². The molecule has 0 aliphatic heterocycles. The van der Waals surface area contributed by atoms with E-state index in [0.717, 1.165) is 65.8 Å². The van der Waals surface area contributed by atoms with E-state index in [-0.39, 0.29) is 5.41 Å². The molecule has 9 aromatic carbocycles. The van der Waals surface area contributed by atoms with Crippen LogP contribution in [0.3, 0.4) is 0 Å². The molecule has 13 rings (SSSR count). The van der Waals surface area contributed by atoms with E-state index in [1.807, 2.05) is 18.3 Å². The summed E-state index contributed by atoms with van der Waals surface area (Å²) < 4.78 is 14.7. The molecule has 12 aromatic rings. The van der Waals surface area contributed by atoms with E-state index in [2.05, 4.69) is 260 Å². The second-order valence-corrected chi connectivity index (χ2v) is 20.3. The Labute approximate surface area is 424 Å². The quantitative estimate of drug-likeness (QED) is 0.142. The monoisotopic (exact) mass is 1090 g/mol. The summed E-state index contributed by atoms with van der Waals surface area (Å²) >= 11 is 2.53. The van der Waals surface area contributed by atoms with Crippen molar-refractivity contribution >= 4 is 32.8 Å². The fraction of sp³-hybridized carbons (Fsp3) is 0.0769. The average molecular weight is 1090 g/mol. The van der Waals surface area contributed by atoms with Crippen molar-refractivity contribution in [1.82, 2.24) is 18.7 Å². The standard InChI is InChI=1S/C65H46N4O.Pt/c1-65(2,3)48-34-35-66-62(38-48)69-58-27-14-13-26-53(58)54-33-31-51(40-61(54)69)70-50-25-17-24-49(39-50)67-42-68(60-29-16-15-28-59(60)67)64-55(44-20-9-5-10-21-44)41-56-52-32-30-46(43-18-7-4-8-19-43)36-47(52)37-57(56)63(64)45-22-11-6-12-23-45;/h4-36,38,41H,37H2,1-3H3;/q-2;. The molecule has 1 aliphatic carbocycles. The van der Waals surface area contributed by atoms with Gasteiger partial charge in [-0.3, -0.25) is 0 Å². The molecule has 71 heavy (non-hydrogen) atoms. The van der Waals surface area contributed by atoms with Crippen molar-refractivity contribution in [2.24, 2.45) is 0 Å². The van der Waals surface area contributed by atoms with Crippen LogP contribution in [0.15, 0.2) is 212 Å². The summed E-state index contributed by atoms with van der Waals surface area (Å²) in [4.78, 5) is 4.89. The van der Waals surface area contributed by atoms with Crippen molar-refractivity contribution < 1.29 is 24.1 Å². The molecule has 3 aromatic heterocycles. The molecule has 5 nitrogen and oxygen atoms in total. The number of benzene rings is 9. The first-order valence-electron chi connectivity index (χ1n) is 24.1. The number of imidazole rings is 1. The number of para-hydroxylation sites is 3. The zero-order chi connectivity index (χ0) is 47.8. The van der Waals surface area contributed by atoms with E-state index in [1.54, 1.807) is 0 Å². The van der Waals surface area contributed by atoms with Crippen LogP contribution in [-0.4, -0.2) is 18.7 Å². The Hall–Kier alpha value is -8.11. The number of nitrogens with zero attached hydrogens (tertiary/aromatic N) is 4. The van der Waals surface area contributed by atoms with Crippen LogP contribution in [0.4, 0.5) is 0 Å². The van der Waals surface area contributed by atoms with E-state index < -0.39 is 0 Å². The van der Waals surface area contributed by atoms with Crippen LogP contribution in [0.2, 0.25) is 0 Å². The first-order chi connectivity index (χ1) is 34.8. The summed E-state index contributed by atoms with van der Waals surface area (Å²) in [7, 11) is 0. The SMILES string of the molecule is CC(C)(C)c1ccnc(-n2c3[c-]c(Oc4[c-]c(-n5[c](=[Pt])n(-c6c(-c7ccccc7)cc7c(c6-c6ccccc6)Cc6cc(-c8ccccc8)ccc6-7)c6ccccc65)ccc4)ccc3c3ccccc32)c1. The zero-order valence-electron chi connectivity index (χ0n) is 39.4. The van der Waals surface area contributed by atoms with E-state index in [4.69, 9.17) is 9.72 Å². The van der Waals surface area contributed by atoms with Crippen LogP contribution in [0.25, 0.3) is 94.5 Å². The third-order valence-electron chi connectivity index (χ3n) is 14.0. The van der Waals surface area contributed by atoms with Gasteiger partial charge in [-0.25, -0.2) is 0 Å². The zero-order valence-corrected chi connectivity index (χ0v) is 41.7. The minimum absolute atomic E-state index is 0.0344. The molecule has 0 fully saturated rings. The van der Waals surface area contributed by atoms with Gasteiger partial charge in [-0.2, -0.15) is 0 Å². The minimum atomic E-state index is -0.0344. The molecule has 0 spiro atoms. The summed E-state index contributed by atoms with van der Waals surface area (Å²) in [5, 5.41) is 2.23. The molecule has 0 saturated heterocycles. The third kappa shape index (κ3) is 7.34. The van der Waals surface area contributed by atoms with Gasteiger partial charge >= 0.3 is 364 Å². The molecule has 0 saturated carbocycles. The average Bonchev–Trinajstić information content (AvgIpc) is 4.04. The van der Waals surface area contributed by atoms with Gasteiger partial charge in [0.2, 0.25) is 0 Å². The maximum atomic E-state index is 6.76. The molecular formula is C65H46N4OPt-2. The van der Waals surface area contributed by atoms with Crippen molar-refractivity contribution in [3.63, 3.8) is 0 Å². The summed E-state index contributed by atoms with van der Waals surface area (Å²) in [5.74, 6) is 2.04. The predicted molar refractivity (Wildman–Crippen MR) is 285 cm³/mol. The first kappa shape index (κ1) is 42.9. The Morgan fingerprint density at radius 3 is 1.92 bits per heavy atom. The van der Waals surface area contributed by atoms with Crippen LogP contribution in [-0.2, 0) is 31.2 Å².